The minimum absolute atomic E-state index is 0.00989. The van der Waals surface area contributed by atoms with Crippen LogP contribution in [-0.4, -0.2) is 108 Å². The number of rotatable bonds is 11. The van der Waals surface area contributed by atoms with E-state index in [-0.39, 0.29) is 38.2 Å². The van der Waals surface area contributed by atoms with Crippen molar-refractivity contribution in [3.63, 3.8) is 0 Å². The first-order valence-corrected chi connectivity index (χ1v) is 16.9. The van der Waals surface area contributed by atoms with Crippen molar-refractivity contribution in [2.75, 3.05) is 20.6 Å². The van der Waals surface area contributed by atoms with Crippen molar-refractivity contribution in [2.24, 2.45) is 16.6 Å². The fourth-order valence-electron chi connectivity index (χ4n) is 5.24. The lowest BCUT2D eigenvalue weighted by Gasteiger charge is -2.33. The number of allylic oxidation sites excluding steroid dienone is 1. The normalized spacial score (nSPS) is 24.3. The number of nitrogens with zero attached hydrogens (tertiary/aromatic N) is 2. The molecule has 1 fully saturated rings. The summed E-state index contributed by atoms with van der Waals surface area (Å²) in [6.45, 7) is 5.01. The molecular weight excluding hydrogens is 662 g/mol. The first-order valence-electron chi connectivity index (χ1n) is 16.9. The molecule has 0 bridgehead atoms. The fourth-order valence-corrected chi connectivity index (χ4v) is 5.24. The second kappa shape index (κ2) is 20.9. The predicted molar refractivity (Wildman–Crippen MR) is 189 cm³/mol. The third-order valence-electron chi connectivity index (χ3n) is 8.31. The molecule has 1 aliphatic rings. The molecule has 1 aromatic carbocycles. The van der Waals surface area contributed by atoms with Crippen molar-refractivity contribution in [1.29, 1.82) is 0 Å². The molecule has 7 amide bonds. The standard InChI is InChI=1S/C34H51N9O8/c1-6-7-9-15-23-20(2)28(46)40-24(16-12-17-37-33(35)42-34(51)36-4)32(50)43(5)26(18-22-13-10-8-11-14-22)31(49)41-25(19-27(44)45)30(48)38-21(3)29(47)39-23/h7-11,13-14,20-21,23-26H,6,12,15-19H2,1-5H3,(H,38,48)(H,39,47)(H,40,46)(H,41,49)(H,44,45)(H4,35,36,37,42,51)/t20-,21-,23-,24-,25-,26-/m0/s1. The van der Waals surface area contributed by atoms with Crippen LogP contribution in [0.2, 0.25) is 0 Å². The van der Waals surface area contributed by atoms with Crippen LogP contribution in [0.25, 0.3) is 0 Å². The predicted octanol–water partition coefficient (Wildman–Crippen LogP) is -0.480. The molecule has 0 unspecified atom stereocenters. The molecule has 17 heteroatoms. The lowest BCUT2D eigenvalue weighted by molar-refractivity contribution is -0.145. The van der Waals surface area contributed by atoms with Gasteiger partial charge in [0, 0.05) is 33.1 Å². The Balaban J connectivity index is 2.59. The fraction of sp³-hybridized carbons (Fsp3) is 0.529. The molecule has 51 heavy (non-hydrogen) atoms. The molecular formula is C34H51N9O8. The monoisotopic (exact) mass is 713 g/mol. The second-order valence-electron chi connectivity index (χ2n) is 12.2. The van der Waals surface area contributed by atoms with Crippen LogP contribution < -0.4 is 37.6 Å². The van der Waals surface area contributed by atoms with E-state index in [1.165, 1.54) is 21.0 Å². The van der Waals surface area contributed by atoms with Gasteiger partial charge in [0.2, 0.25) is 29.5 Å². The number of aliphatic imine (C=N–C) groups is 1. The van der Waals surface area contributed by atoms with Gasteiger partial charge in [-0.3, -0.25) is 39.1 Å². The number of likely N-dealkylation sites (N-methyl/N-ethyl adjacent to an activating group) is 1. The summed E-state index contributed by atoms with van der Waals surface area (Å²) in [7, 11) is 2.80. The first-order chi connectivity index (χ1) is 24.2. The molecule has 1 aromatic rings. The number of guanidine groups is 1. The van der Waals surface area contributed by atoms with Gasteiger partial charge in [-0.1, -0.05) is 56.3 Å². The van der Waals surface area contributed by atoms with E-state index < -0.39 is 84.1 Å². The number of hydrogen-bond acceptors (Lipinski definition) is 8. The number of nitrogens with one attached hydrogen (secondary N) is 6. The Morgan fingerprint density at radius 2 is 1.61 bits per heavy atom. The molecule has 0 radical (unpaired) electrons. The number of carbonyl (C=O) groups is 7. The van der Waals surface area contributed by atoms with Gasteiger partial charge in [-0.05, 0) is 38.2 Å². The second-order valence-corrected chi connectivity index (χ2v) is 12.2. The highest BCUT2D eigenvalue weighted by atomic mass is 16.4. The third-order valence-corrected chi connectivity index (χ3v) is 8.31. The number of benzene rings is 1. The molecule has 1 heterocycles. The molecule has 2 rings (SSSR count). The Kier molecular flexibility index (Phi) is 17.1. The van der Waals surface area contributed by atoms with Crippen LogP contribution in [-0.2, 0) is 35.2 Å². The number of amides is 7. The number of aliphatic carboxylic acids is 1. The van der Waals surface area contributed by atoms with Gasteiger partial charge in [0.05, 0.1) is 12.3 Å². The Morgan fingerprint density at radius 3 is 2.24 bits per heavy atom. The zero-order valence-corrected chi connectivity index (χ0v) is 29.7. The van der Waals surface area contributed by atoms with Gasteiger partial charge in [0.1, 0.15) is 24.2 Å². The van der Waals surface area contributed by atoms with Crippen molar-refractivity contribution in [1.82, 2.24) is 36.8 Å². The number of urea groups is 1. The van der Waals surface area contributed by atoms with E-state index in [1.807, 2.05) is 19.1 Å². The Hall–Kier alpha value is -5.48. The highest BCUT2D eigenvalue weighted by molar-refractivity contribution is 5.97. The van der Waals surface area contributed by atoms with Gasteiger partial charge in [-0.2, -0.15) is 0 Å². The van der Waals surface area contributed by atoms with E-state index in [4.69, 9.17) is 5.73 Å². The molecule has 0 spiro atoms. The number of carbonyl (C=O) groups excluding carboxylic acids is 6. The lowest BCUT2D eigenvalue weighted by atomic mass is 9.95. The van der Waals surface area contributed by atoms with Gasteiger partial charge in [0.15, 0.2) is 5.96 Å². The molecule has 1 saturated heterocycles. The quantitative estimate of drug-likeness (QED) is 0.0637. The van der Waals surface area contributed by atoms with E-state index in [2.05, 4.69) is 36.9 Å². The summed E-state index contributed by atoms with van der Waals surface area (Å²) in [6.07, 6.45) is 4.13. The molecule has 1 aliphatic heterocycles. The minimum atomic E-state index is -1.58. The van der Waals surface area contributed by atoms with Crippen LogP contribution in [0.3, 0.4) is 0 Å². The molecule has 9 N–H and O–H groups in total. The molecule has 0 aliphatic carbocycles. The van der Waals surface area contributed by atoms with E-state index in [0.29, 0.717) is 12.0 Å². The maximum Gasteiger partial charge on any atom is 0.321 e. The Bertz CT molecular complexity index is 1450. The molecule has 0 saturated carbocycles. The Morgan fingerprint density at radius 1 is 0.941 bits per heavy atom. The molecule has 17 nitrogen and oxygen atoms in total. The van der Waals surface area contributed by atoms with Crippen LogP contribution in [0.15, 0.2) is 47.5 Å². The zero-order chi connectivity index (χ0) is 38.1. The summed E-state index contributed by atoms with van der Waals surface area (Å²) in [6, 6.07) is 2.30. The summed E-state index contributed by atoms with van der Waals surface area (Å²) < 4.78 is 0. The minimum Gasteiger partial charge on any atom is -0.481 e. The van der Waals surface area contributed by atoms with Crippen LogP contribution in [0, 0.1) is 5.92 Å². The molecule has 0 aromatic heterocycles. The average Bonchev–Trinajstić information content (AvgIpc) is 3.09. The topological polar surface area (TPSA) is 254 Å². The average molecular weight is 714 g/mol. The molecule has 6 atom stereocenters. The summed E-state index contributed by atoms with van der Waals surface area (Å²) in [5.41, 5.74) is 6.42. The number of nitrogens with two attached hydrogens (primary N) is 1. The van der Waals surface area contributed by atoms with Crippen molar-refractivity contribution in [3.8, 4) is 0 Å². The van der Waals surface area contributed by atoms with Crippen LogP contribution in [0.4, 0.5) is 4.79 Å². The SMILES string of the molecule is CCC=CC[C@@H]1NC(=O)[C@H](C)NC(=O)[C@H](CC(=O)O)NC(=O)[C@H](Cc2ccccc2)N(C)C(=O)[C@H](CCCN=C(N)NC(=O)NC)NC(=O)[C@H]1C. The third kappa shape index (κ3) is 13.7. The first kappa shape index (κ1) is 41.7. The van der Waals surface area contributed by atoms with Crippen LogP contribution in [0.5, 0.6) is 0 Å². The van der Waals surface area contributed by atoms with Gasteiger partial charge in [-0.15, -0.1) is 0 Å². The zero-order valence-electron chi connectivity index (χ0n) is 29.7. The summed E-state index contributed by atoms with van der Waals surface area (Å²) >= 11 is 0. The number of carboxylic acids is 1. The van der Waals surface area contributed by atoms with Gasteiger partial charge < -0.3 is 42.3 Å². The van der Waals surface area contributed by atoms with Crippen molar-refractivity contribution in [2.45, 2.75) is 89.5 Å². The van der Waals surface area contributed by atoms with Crippen LogP contribution >= 0.6 is 0 Å². The highest BCUT2D eigenvalue weighted by Gasteiger charge is 2.37. The van der Waals surface area contributed by atoms with E-state index in [9.17, 15) is 38.7 Å². The number of carboxylic acid groups (broad SMARTS) is 1. The van der Waals surface area contributed by atoms with Crippen molar-refractivity contribution >= 4 is 47.5 Å². The maximum atomic E-state index is 14.2. The smallest absolute Gasteiger partial charge is 0.321 e. The molecule has 280 valence electrons. The van der Waals surface area contributed by atoms with E-state index >= 15 is 0 Å². The van der Waals surface area contributed by atoms with Crippen molar-refractivity contribution in [3.05, 3.63) is 48.0 Å². The largest absolute Gasteiger partial charge is 0.481 e. The summed E-state index contributed by atoms with van der Waals surface area (Å²) in [5, 5.41) is 24.8. The van der Waals surface area contributed by atoms with Crippen LogP contribution in [0.1, 0.15) is 58.4 Å². The Labute approximate surface area is 297 Å². The van der Waals surface area contributed by atoms with Gasteiger partial charge in [-0.25, -0.2) is 4.79 Å². The van der Waals surface area contributed by atoms with E-state index in [0.717, 1.165) is 4.90 Å². The summed E-state index contributed by atoms with van der Waals surface area (Å²) in [4.78, 5) is 97.0. The van der Waals surface area contributed by atoms with Gasteiger partial charge in [0.25, 0.3) is 0 Å². The maximum absolute atomic E-state index is 14.2. The van der Waals surface area contributed by atoms with Gasteiger partial charge >= 0.3 is 12.0 Å². The highest BCUT2D eigenvalue weighted by Crippen LogP contribution is 2.16. The van der Waals surface area contributed by atoms with E-state index in [1.54, 1.807) is 37.3 Å². The lowest BCUT2D eigenvalue weighted by Crippen LogP contribution is -2.60. The summed E-state index contributed by atoms with van der Waals surface area (Å²) in [5.74, 6) is -5.95. The number of hydrogen-bond donors (Lipinski definition) is 8. The van der Waals surface area contributed by atoms with Crippen molar-refractivity contribution < 1.29 is 38.7 Å².